The van der Waals surface area contributed by atoms with Gasteiger partial charge in [-0.1, -0.05) is 6.42 Å². The highest BCUT2D eigenvalue weighted by atomic mass is 32.2. The average Bonchev–Trinajstić information content (AvgIpc) is 2.28. The van der Waals surface area contributed by atoms with Crippen LogP contribution in [0.3, 0.4) is 0 Å². The van der Waals surface area contributed by atoms with E-state index in [1.165, 1.54) is 6.42 Å². The summed E-state index contributed by atoms with van der Waals surface area (Å²) in [6.45, 7) is -0.599. The third kappa shape index (κ3) is 5.93. The maximum atomic E-state index is 11.5. The molecule has 98 valence electrons. The zero-order valence-electron chi connectivity index (χ0n) is 9.98. The second kappa shape index (κ2) is 7.55. The first-order valence-electron chi connectivity index (χ1n) is 5.73. The maximum absolute atomic E-state index is 11.5. The number of thioether (sulfide) groups is 1. The summed E-state index contributed by atoms with van der Waals surface area (Å²) in [6.07, 6.45) is 6.42. The molecular formula is C11H19NO4S. The highest BCUT2D eigenvalue weighted by Gasteiger charge is 2.22. The topological polar surface area (TPSA) is 75.6 Å². The van der Waals surface area contributed by atoms with Gasteiger partial charge in [0.2, 0.25) is 5.91 Å². The molecule has 0 bridgehead atoms. The number of rotatable bonds is 6. The fourth-order valence-electron chi connectivity index (χ4n) is 1.99. The fourth-order valence-corrected chi connectivity index (χ4v) is 2.82. The van der Waals surface area contributed by atoms with Gasteiger partial charge in [-0.05, 0) is 25.5 Å². The van der Waals surface area contributed by atoms with Crippen LogP contribution in [0.5, 0.6) is 0 Å². The molecule has 2 atom stereocenters. The van der Waals surface area contributed by atoms with E-state index in [0.717, 1.165) is 19.3 Å². The Labute approximate surface area is 105 Å². The van der Waals surface area contributed by atoms with E-state index in [0.29, 0.717) is 5.25 Å². The average molecular weight is 261 g/mol. The molecule has 5 nitrogen and oxygen atoms in total. The molecular weight excluding hydrogens is 242 g/mol. The summed E-state index contributed by atoms with van der Waals surface area (Å²) >= 11 is 1.84. The quantitative estimate of drug-likeness (QED) is 0.742. The largest absolute Gasteiger partial charge is 0.480 e. The maximum Gasteiger partial charge on any atom is 0.329 e. The highest BCUT2D eigenvalue weighted by Crippen LogP contribution is 2.26. The van der Waals surface area contributed by atoms with Gasteiger partial charge in [0.25, 0.3) is 0 Å². The Morgan fingerprint density at radius 1 is 1.41 bits per heavy atom. The van der Waals surface area contributed by atoms with Crippen molar-refractivity contribution in [2.45, 2.75) is 37.0 Å². The van der Waals surface area contributed by atoms with Crippen LogP contribution in [-0.2, 0) is 14.3 Å². The summed E-state index contributed by atoms with van der Waals surface area (Å²) in [5, 5.41) is 11.9. The van der Waals surface area contributed by atoms with Crippen molar-refractivity contribution in [2.24, 2.45) is 0 Å². The van der Waals surface area contributed by atoms with Crippen molar-refractivity contribution in [3.63, 3.8) is 0 Å². The van der Waals surface area contributed by atoms with E-state index in [-0.39, 0.29) is 18.6 Å². The minimum Gasteiger partial charge on any atom is -0.480 e. The number of aliphatic carboxylic acids is 1. The number of carbonyl (C=O) groups is 2. The highest BCUT2D eigenvalue weighted by molar-refractivity contribution is 7.99. The molecule has 1 aliphatic carbocycles. The lowest BCUT2D eigenvalue weighted by Gasteiger charge is -2.28. The Balaban J connectivity index is 2.19. The summed E-state index contributed by atoms with van der Waals surface area (Å²) in [6, 6.07) is 0.210. The molecule has 0 radical (unpaired) electrons. The van der Waals surface area contributed by atoms with Gasteiger partial charge in [-0.25, -0.2) is 4.79 Å². The molecule has 1 amide bonds. The Kier molecular flexibility index (Phi) is 6.36. The molecule has 0 saturated heterocycles. The monoisotopic (exact) mass is 261 g/mol. The smallest absolute Gasteiger partial charge is 0.329 e. The third-order valence-electron chi connectivity index (χ3n) is 2.78. The predicted octanol–water partition coefficient (Wildman–Crippen LogP) is 0.878. The van der Waals surface area contributed by atoms with Gasteiger partial charge in [0.15, 0.2) is 0 Å². The van der Waals surface area contributed by atoms with E-state index in [1.54, 1.807) is 0 Å². The van der Waals surface area contributed by atoms with Crippen LogP contribution >= 0.6 is 11.8 Å². The molecule has 1 aliphatic rings. The van der Waals surface area contributed by atoms with Gasteiger partial charge >= 0.3 is 5.97 Å². The van der Waals surface area contributed by atoms with E-state index in [9.17, 15) is 9.59 Å². The van der Waals surface area contributed by atoms with E-state index in [4.69, 9.17) is 9.84 Å². The van der Waals surface area contributed by atoms with Gasteiger partial charge in [0.1, 0.15) is 13.2 Å². The summed E-state index contributed by atoms with van der Waals surface area (Å²) in [7, 11) is 0. The molecule has 2 unspecified atom stereocenters. The number of carbonyl (C=O) groups excluding carboxylic acids is 1. The number of nitrogens with one attached hydrogen (secondary N) is 1. The molecule has 0 aliphatic heterocycles. The van der Waals surface area contributed by atoms with E-state index in [2.05, 4.69) is 11.6 Å². The summed E-state index contributed by atoms with van der Waals surface area (Å²) in [5.74, 6) is -1.28. The van der Waals surface area contributed by atoms with Gasteiger partial charge in [-0.15, -0.1) is 0 Å². The molecule has 0 heterocycles. The molecule has 2 N–H and O–H groups in total. The second-order valence-corrected chi connectivity index (χ2v) is 5.31. The van der Waals surface area contributed by atoms with Gasteiger partial charge in [-0.2, -0.15) is 11.8 Å². The Morgan fingerprint density at radius 3 is 2.82 bits per heavy atom. The lowest BCUT2D eigenvalue weighted by molar-refractivity contribution is -0.143. The summed E-state index contributed by atoms with van der Waals surface area (Å²) < 4.78 is 4.73. The van der Waals surface area contributed by atoms with Gasteiger partial charge in [0.05, 0.1) is 0 Å². The summed E-state index contributed by atoms with van der Waals surface area (Å²) in [4.78, 5) is 21.6. The van der Waals surface area contributed by atoms with Crippen LogP contribution in [-0.4, -0.2) is 47.7 Å². The zero-order chi connectivity index (χ0) is 12.7. The van der Waals surface area contributed by atoms with Crippen LogP contribution in [0.25, 0.3) is 0 Å². The SMILES string of the molecule is CSC1CCCC(NC(=O)COCC(=O)O)C1. The van der Waals surface area contributed by atoms with Crippen molar-refractivity contribution in [3.05, 3.63) is 0 Å². The lowest BCUT2D eigenvalue weighted by atomic mass is 9.95. The van der Waals surface area contributed by atoms with Crippen molar-refractivity contribution < 1.29 is 19.4 Å². The van der Waals surface area contributed by atoms with Crippen molar-refractivity contribution in [1.29, 1.82) is 0 Å². The molecule has 6 heteroatoms. The first-order valence-corrected chi connectivity index (χ1v) is 7.02. The Bertz CT molecular complexity index is 272. The molecule has 1 fully saturated rings. The predicted molar refractivity (Wildman–Crippen MR) is 66.2 cm³/mol. The Hall–Kier alpha value is -0.750. The third-order valence-corrected chi connectivity index (χ3v) is 3.88. The summed E-state index contributed by atoms with van der Waals surface area (Å²) in [5.41, 5.74) is 0. The minimum atomic E-state index is -1.06. The minimum absolute atomic E-state index is 0.174. The first-order chi connectivity index (χ1) is 8.11. The second-order valence-electron chi connectivity index (χ2n) is 4.18. The fraction of sp³-hybridized carbons (Fsp3) is 0.818. The number of hydrogen-bond donors (Lipinski definition) is 2. The molecule has 0 spiro atoms. The molecule has 1 saturated carbocycles. The molecule has 1 rings (SSSR count). The first kappa shape index (κ1) is 14.3. The van der Waals surface area contributed by atoms with Crippen molar-refractivity contribution in [1.82, 2.24) is 5.32 Å². The van der Waals surface area contributed by atoms with Crippen LogP contribution in [0, 0.1) is 0 Å². The van der Waals surface area contributed by atoms with Crippen LogP contribution in [0.2, 0.25) is 0 Å². The van der Waals surface area contributed by atoms with Crippen molar-refractivity contribution in [2.75, 3.05) is 19.5 Å². The lowest BCUT2D eigenvalue weighted by Crippen LogP contribution is -2.41. The number of carboxylic acid groups (broad SMARTS) is 1. The molecule has 0 aromatic heterocycles. The normalized spacial score (nSPS) is 24.3. The van der Waals surface area contributed by atoms with Gasteiger partial charge < -0.3 is 15.2 Å². The number of hydrogen-bond acceptors (Lipinski definition) is 4. The van der Waals surface area contributed by atoms with Gasteiger partial charge in [0, 0.05) is 11.3 Å². The number of amides is 1. The van der Waals surface area contributed by atoms with Crippen LogP contribution < -0.4 is 5.32 Å². The van der Waals surface area contributed by atoms with E-state index < -0.39 is 12.6 Å². The van der Waals surface area contributed by atoms with Crippen LogP contribution in [0.1, 0.15) is 25.7 Å². The molecule has 17 heavy (non-hydrogen) atoms. The van der Waals surface area contributed by atoms with E-state index >= 15 is 0 Å². The number of carboxylic acids is 1. The van der Waals surface area contributed by atoms with Crippen molar-refractivity contribution in [3.8, 4) is 0 Å². The molecule has 0 aromatic carbocycles. The van der Waals surface area contributed by atoms with E-state index in [1.807, 2.05) is 11.8 Å². The molecule has 0 aromatic rings. The van der Waals surface area contributed by atoms with Crippen LogP contribution in [0.15, 0.2) is 0 Å². The standard InChI is InChI=1S/C11H19NO4S/c1-17-9-4-2-3-8(5-9)12-10(13)6-16-7-11(14)15/h8-9H,2-7H2,1H3,(H,12,13)(H,14,15). The Morgan fingerprint density at radius 2 is 2.18 bits per heavy atom. The zero-order valence-corrected chi connectivity index (χ0v) is 10.8. The van der Waals surface area contributed by atoms with Crippen LogP contribution in [0.4, 0.5) is 0 Å². The van der Waals surface area contributed by atoms with Gasteiger partial charge in [-0.3, -0.25) is 4.79 Å². The van der Waals surface area contributed by atoms with Crippen molar-refractivity contribution >= 4 is 23.6 Å². The number of ether oxygens (including phenoxy) is 1.